The molecule has 0 radical (unpaired) electrons. The minimum atomic E-state index is -2.71. The summed E-state index contributed by atoms with van der Waals surface area (Å²) in [4.78, 5) is 3.40. The molecule has 1 rings (SSSR count). The second-order valence-corrected chi connectivity index (χ2v) is 2.17. The summed E-state index contributed by atoms with van der Waals surface area (Å²) in [5, 5.41) is 3.20. The smallest absolute Gasteiger partial charge is 0.335 e. The predicted molar refractivity (Wildman–Crippen MR) is 33.4 cm³/mol. The molecule has 0 aliphatic carbocycles. The van der Waals surface area contributed by atoms with E-state index in [9.17, 15) is 8.78 Å². The van der Waals surface area contributed by atoms with Crippen molar-refractivity contribution < 1.29 is 8.78 Å². The third kappa shape index (κ3) is 1.23. The fraction of sp³-hybridized carbons (Fsp3) is 0.333. The molecule has 1 heterocycles. The first-order chi connectivity index (χ1) is 4.61. The van der Waals surface area contributed by atoms with Crippen molar-refractivity contribution in [3.63, 3.8) is 0 Å². The Balaban J connectivity index is 3.03. The molecule has 0 saturated heterocycles. The normalized spacial score (nSPS) is 10.8. The van der Waals surface area contributed by atoms with Gasteiger partial charge in [-0.05, 0) is 15.9 Å². The molecule has 1 aromatic heterocycles. The average molecular weight is 213 g/mol. The van der Waals surface area contributed by atoms with Crippen LogP contribution < -0.4 is 5.73 Å². The molecule has 4 nitrogen and oxygen atoms in total. The van der Waals surface area contributed by atoms with Crippen molar-refractivity contribution in [3.8, 4) is 0 Å². The van der Waals surface area contributed by atoms with E-state index >= 15 is 0 Å². The maximum atomic E-state index is 11.8. The Hall–Kier alpha value is -0.720. The highest BCUT2D eigenvalue weighted by atomic mass is 79.9. The number of rotatable bonds is 1. The number of nitrogen functional groups attached to an aromatic ring is 1. The molecule has 0 fully saturated rings. The van der Waals surface area contributed by atoms with Gasteiger partial charge in [-0.25, -0.2) is 0 Å². The first-order valence-electron chi connectivity index (χ1n) is 2.27. The van der Waals surface area contributed by atoms with Gasteiger partial charge in [-0.1, -0.05) is 0 Å². The number of alkyl halides is 2. The van der Waals surface area contributed by atoms with Crippen LogP contribution >= 0.6 is 15.9 Å². The Morgan fingerprint density at radius 1 is 1.60 bits per heavy atom. The van der Waals surface area contributed by atoms with Crippen molar-refractivity contribution in [2.45, 2.75) is 6.55 Å². The van der Waals surface area contributed by atoms with E-state index in [0.29, 0.717) is 4.68 Å². The summed E-state index contributed by atoms with van der Waals surface area (Å²) in [6, 6.07) is 0. The van der Waals surface area contributed by atoms with E-state index in [4.69, 9.17) is 5.73 Å². The van der Waals surface area contributed by atoms with Crippen molar-refractivity contribution >= 4 is 21.9 Å². The van der Waals surface area contributed by atoms with Crippen LogP contribution in [0.5, 0.6) is 0 Å². The van der Waals surface area contributed by atoms with Gasteiger partial charge in [-0.15, -0.1) is 5.10 Å². The van der Waals surface area contributed by atoms with Crippen LogP contribution in [0.25, 0.3) is 0 Å². The lowest BCUT2D eigenvalue weighted by Crippen LogP contribution is -2.00. The molecule has 56 valence electrons. The van der Waals surface area contributed by atoms with Crippen molar-refractivity contribution in [1.82, 2.24) is 14.8 Å². The number of hydrogen-bond donors (Lipinski definition) is 1. The SMILES string of the molecule is Nc1nc(Br)n(C(F)F)n1. The van der Waals surface area contributed by atoms with E-state index in [1.807, 2.05) is 0 Å². The molecule has 0 aromatic carbocycles. The summed E-state index contributed by atoms with van der Waals surface area (Å²) in [6.45, 7) is -2.71. The van der Waals surface area contributed by atoms with Gasteiger partial charge in [0.15, 0.2) is 0 Å². The number of nitrogens with two attached hydrogens (primary N) is 1. The van der Waals surface area contributed by atoms with Crippen LogP contribution in [0.4, 0.5) is 14.7 Å². The highest BCUT2D eigenvalue weighted by molar-refractivity contribution is 9.10. The monoisotopic (exact) mass is 212 g/mol. The Morgan fingerprint density at radius 2 is 2.20 bits per heavy atom. The van der Waals surface area contributed by atoms with Crippen molar-refractivity contribution in [3.05, 3.63) is 4.73 Å². The Kier molecular flexibility index (Phi) is 1.84. The molecule has 0 bridgehead atoms. The topological polar surface area (TPSA) is 56.7 Å². The fourth-order valence-electron chi connectivity index (χ4n) is 0.444. The first kappa shape index (κ1) is 7.39. The number of nitrogens with zero attached hydrogens (tertiary/aromatic N) is 3. The van der Waals surface area contributed by atoms with Crippen LogP contribution in [0.3, 0.4) is 0 Å². The molecule has 0 unspecified atom stereocenters. The van der Waals surface area contributed by atoms with Gasteiger partial charge in [0, 0.05) is 0 Å². The molecular formula is C3H3BrF2N4. The zero-order chi connectivity index (χ0) is 7.72. The van der Waals surface area contributed by atoms with Crippen LogP contribution in [-0.2, 0) is 0 Å². The van der Waals surface area contributed by atoms with Gasteiger partial charge in [0.2, 0.25) is 10.7 Å². The highest BCUT2D eigenvalue weighted by Crippen LogP contribution is 2.16. The first-order valence-corrected chi connectivity index (χ1v) is 3.06. The third-order valence-corrected chi connectivity index (χ3v) is 1.33. The van der Waals surface area contributed by atoms with Crippen molar-refractivity contribution in [2.24, 2.45) is 0 Å². The molecule has 0 atom stereocenters. The zero-order valence-corrected chi connectivity index (χ0v) is 6.22. The van der Waals surface area contributed by atoms with Gasteiger partial charge in [0.25, 0.3) is 0 Å². The molecule has 7 heteroatoms. The molecule has 0 saturated carbocycles. The predicted octanol–water partition coefficient (Wildman–Crippen LogP) is 1.02. The lowest BCUT2D eigenvalue weighted by Gasteiger charge is -1.95. The standard InChI is InChI=1S/C3H3BrF2N4/c4-1-8-3(7)9-10(1)2(5)6/h2H,(H2,7,9). The summed E-state index contributed by atoms with van der Waals surface area (Å²) in [6.07, 6.45) is 0. The molecule has 0 aliphatic rings. The maximum Gasteiger partial charge on any atom is 0.335 e. The molecule has 10 heavy (non-hydrogen) atoms. The van der Waals surface area contributed by atoms with Gasteiger partial charge < -0.3 is 5.73 Å². The Bertz CT molecular complexity index is 234. The molecular weight excluding hydrogens is 210 g/mol. The summed E-state index contributed by atoms with van der Waals surface area (Å²) in [5.41, 5.74) is 5.01. The second kappa shape index (κ2) is 2.49. The third-order valence-electron chi connectivity index (χ3n) is 0.791. The zero-order valence-electron chi connectivity index (χ0n) is 4.63. The lowest BCUT2D eigenvalue weighted by atomic mass is 11.1. The second-order valence-electron chi connectivity index (χ2n) is 1.46. The number of hydrogen-bond acceptors (Lipinski definition) is 3. The van der Waals surface area contributed by atoms with Gasteiger partial charge in [0.1, 0.15) is 0 Å². The van der Waals surface area contributed by atoms with Crippen LogP contribution in [0.15, 0.2) is 4.73 Å². The highest BCUT2D eigenvalue weighted by Gasteiger charge is 2.12. The van der Waals surface area contributed by atoms with E-state index in [0.717, 1.165) is 0 Å². The van der Waals surface area contributed by atoms with Crippen LogP contribution in [-0.4, -0.2) is 14.8 Å². The van der Waals surface area contributed by atoms with Crippen LogP contribution in [0.2, 0.25) is 0 Å². The van der Waals surface area contributed by atoms with E-state index in [-0.39, 0.29) is 10.7 Å². The summed E-state index contributed by atoms with van der Waals surface area (Å²) in [7, 11) is 0. The van der Waals surface area contributed by atoms with Gasteiger partial charge in [-0.3, -0.25) is 0 Å². The minimum absolute atomic E-state index is 0.0694. The van der Waals surface area contributed by atoms with Gasteiger partial charge in [0.05, 0.1) is 0 Å². The molecule has 1 aromatic rings. The van der Waals surface area contributed by atoms with E-state index in [1.165, 1.54) is 0 Å². The van der Waals surface area contributed by atoms with Crippen LogP contribution in [0, 0.1) is 0 Å². The molecule has 0 aliphatic heterocycles. The minimum Gasteiger partial charge on any atom is -0.366 e. The summed E-state index contributed by atoms with van der Waals surface area (Å²) >= 11 is 2.75. The van der Waals surface area contributed by atoms with Gasteiger partial charge >= 0.3 is 6.55 Å². The maximum absolute atomic E-state index is 11.8. The number of aromatic nitrogens is 3. The largest absolute Gasteiger partial charge is 0.366 e. The molecule has 0 spiro atoms. The summed E-state index contributed by atoms with van der Waals surface area (Å²) in [5.74, 6) is -0.174. The van der Waals surface area contributed by atoms with Gasteiger partial charge in [-0.2, -0.15) is 18.4 Å². The molecule has 0 amide bonds. The molecule has 2 N–H and O–H groups in total. The average Bonchev–Trinajstić information content (AvgIpc) is 2.10. The number of halogens is 3. The Morgan fingerprint density at radius 3 is 2.40 bits per heavy atom. The van der Waals surface area contributed by atoms with Crippen LogP contribution in [0.1, 0.15) is 6.55 Å². The van der Waals surface area contributed by atoms with Crippen molar-refractivity contribution in [1.29, 1.82) is 0 Å². The summed E-state index contributed by atoms with van der Waals surface area (Å²) < 4.78 is 23.9. The van der Waals surface area contributed by atoms with Crippen molar-refractivity contribution in [2.75, 3.05) is 5.73 Å². The Labute approximate surface area is 63.2 Å². The lowest BCUT2D eigenvalue weighted by molar-refractivity contribution is 0.0538. The fourth-order valence-corrected chi connectivity index (χ4v) is 0.860. The van der Waals surface area contributed by atoms with E-state index < -0.39 is 6.55 Å². The van der Waals surface area contributed by atoms with E-state index in [2.05, 4.69) is 26.0 Å². The van der Waals surface area contributed by atoms with E-state index in [1.54, 1.807) is 0 Å². The quantitative estimate of drug-likeness (QED) is 0.757. The number of anilines is 1.